The van der Waals surface area contributed by atoms with Gasteiger partial charge in [-0.2, -0.15) is 0 Å². The van der Waals surface area contributed by atoms with Gasteiger partial charge in [-0.25, -0.2) is 9.18 Å². The lowest BCUT2D eigenvalue weighted by Gasteiger charge is -2.29. The van der Waals surface area contributed by atoms with Crippen molar-refractivity contribution in [3.05, 3.63) is 47.0 Å². The summed E-state index contributed by atoms with van der Waals surface area (Å²) in [7, 11) is 0. The van der Waals surface area contributed by atoms with Crippen LogP contribution in [0.4, 0.5) is 4.39 Å². The summed E-state index contributed by atoms with van der Waals surface area (Å²) < 4.78 is 19.7. The molecular weight excluding hydrogens is 387 g/mol. The maximum absolute atomic E-state index is 14.6. The number of Topliss-reactive ketones (excluding diaryl/α,β-unsaturated/α-hetero) is 1. The van der Waals surface area contributed by atoms with E-state index in [1.165, 1.54) is 18.2 Å². The molecule has 1 saturated carbocycles. The molecule has 0 spiro atoms. The first-order valence-corrected chi connectivity index (χ1v) is 10.3. The van der Waals surface area contributed by atoms with E-state index in [1.807, 2.05) is 0 Å². The van der Waals surface area contributed by atoms with Gasteiger partial charge >= 0.3 is 5.97 Å². The Labute approximate surface area is 175 Å². The lowest BCUT2D eigenvalue weighted by atomic mass is 9.86. The summed E-state index contributed by atoms with van der Waals surface area (Å²) in [4.78, 5) is 41.2. The zero-order chi connectivity index (χ0) is 21.8. The second kappa shape index (κ2) is 9.24. The number of esters is 1. The van der Waals surface area contributed by atoms with Crippen LogP contribution in [0.25, 0.3) is 11.1 Å². The van der Waals surface area contributed by atoms with Crippen molar-refractivity contribution in [2.75, 3.05) is 6.61 Å². The van der Waals surface area contributed by atoms with Crippen LogP contribution in [-0.4, -0.2) is 35.3 Å². The second-order valence-corrected chi connectivity index (χ2v) is 7.75. The molecule has 0 radical (unpaired) electrons. The highest BCUT2D eigenvalue weighted by molar-refractivity contribution is 6.44. The molecule has 0 saturated heterocycles. The molecule has 1 aliphatic carbocycles. The van der Waals surface area contributed by atoms with Crippen LogP contribution in [0, 0.1) is 18.7 Å². The van der Waals surface area contributed by atoms with Gasteiger partial charge in [0.15, 0.2) is 0 Å². The predicted molar refractivity (Wildman–Crippen MR) is 111 cm³/mol. The average Bonchev–Trinajstić information content (AvgIpc) is 3.06. The molecule has 2 atom stereocenters. The molecule has 2 aromatic rings. The van der Waals surface area contributed by atoms with Crippen LogP contribution in [0.15, 0.2) is 24.3 Å². The van der Waals surface area contributed by atoms with E-state index in [0.717, 1.165) is 25.7 Å². The lowest BCUT2D eigenvalue weighted by molar-refractivity contribution is -0.118. The molecule has 2 N–H and O–H groups in total. The standard InChI is InChI=1S/C23H27FN2O4/c1-4-30-23(29)18-14(3)25-20(19(18)15-10-6-7-11-16(15)24)21(27)22(28)26-17-12-8-5-9-13(17)2/h6-7,10-11,13,17,25H,4-5,8-9,12H2,1-3H3,(H,26,28)/t13-,17-/m0/s1. The average molecular weight is 414 g/mol. The second-order valence-electron chi connectivity index (χ2n) is 7.75. The van der Waals surface area contributed by atoms with E-state index in [1.54, 1.807) is 19.9 Å². The van der Waals surface area contributed by atoms with Gasteiger partial charge in [0.1, 0.15) is 11.5 Å². The minimum absolute atomic E-state index is 0.0564. The lowest BCUT2D eigenvalue weighted by Crippen LogP contribution is -2.44. The summed E-state index contributed by atoms with van der Waals surface area (Å²) in [6.45, 7) is 5.43. The van der Waals surface area contributed by atoms with Crippen molar-refractivity contribution in [3.63, 3.8) is 0 Å². The van der Waals surface area contributed by atoms with Crippen LogP contribution < -0.4 is 5.32 Å². The van der Waals surface area contributed by atoms with E-state index < -0.39 is 23.5 Å². The van der Waals surface area contributed by atoms with Crippen molar-refractivity contribution in [2.45, 2.75) is 52.5 Å². The molecule has 0 aliphatic heterocycles. The molecular formula is C23H27FN2O4. The van der Waals surface area contributed by atoms with Crippen molar-refractivity contribution in [1.82, 2.24) is 10.3 Å². The molecule has 0 bridgehead atoms. The first-order chi connectivity index (χ1) is 14.3. The Morgan fingerprint density at radius 2 is 1.90 bits per heavy atom. The highest BCUT2D eigenvalue weighted by atomic mass is 19.1. The number of hydrogen-bond acceptors (Lipinski definition) is 4. The maximum atomic E-state index is 14.6. The number of aromatic nitrogens is 1. The molecule has 30 heavy (non-hydrogen) atoms. The Bertz CT molecular complexity index is 966. The van der Waals surface area contributed by atoms with Crippen LogP contribution in [0.3, 0.4) is 0 Å². The summed E-state index contributed by atoms with van der Waals surface area (Å²) in [5, 5.41) is 2.82. The van der Waals surface area contributed by atoms with E-state index in [0.29, 0.717) is 5.69 Å². The number of benzene rings is 1. The number of amides is 1. The number of hydrogen-bond donors (Lipinski definition) is 2. The SMILES string of the molecule is CCOC(=O)c1c(C)[nH]c(C(=O)C(=O)N[C@H]2CCCC[C@@H]2C)c1-c1ccccc1F. The number of H-pyrrole nitrogens is 1. The minimum Gasteiger partial charge on any atom is -0.462 e. The van der Waals surface area contributed by atoms with Crippen LogP contribution >= 0.6 is 0 Å². The van der Waals surface area contributed by atoms with Crippen molar-refractivity contribution in [1.29, 1.82) is 0 Å². The van der Waals surface area contributed by atoms with E-state index >= 15 is 0 Å². The van der Waals surface area contributed by atoms with Crippen molar-refractivity contribution >= 4 is 17.7 Å². The highest BCUT2D eigenvalue weighted by Gasteiger charge is 2.32. The van der Waals surface area contributed by atoms with Gasteiger partial charge in [-0.3, -0.25) is 9.59 Å². The van der Waals surface area contributed by atoms with Gasteiger partial charge in [0.25, 0.3) is 11.7 Å². The van der Waals surface area contributed by atoms with Gasteiger partial charge in [-0.05, 0) is 38.7 Å². The Balaban J connectivity index is 2.02. The maximum Gasteiger partial charge on any atom is 0.340 e. The summed E-state index contributed by atoms with van der Waals surface area (Å²) in [5.41, 5.74) is 0.410. The van der Waals surface area contributed by atoms with Crippen molar-refractivity contribution in [2.24, 2.45) is 5.92 Å². The fourth-order valence-electron chi connectivity index (χ4n) is 4.07. The third-order valence-electron chi connectivity index (χ3n) is 5.67. The van der Waals surface area contributed by atoms with Crippen molar-refractivity contribution in [3.8, 4) is 11.1 Å². The van der Waals surface area contributed by atoms with Gasteiger partial charge in [0.05, 0.1) is 12.2 Å². The number of rotatable bonds is 6. The van der Waals surface area contributed by atoms with Gasteiger partial charge in [-0.15, -0.1) is 0 Å². The molecule has 6 nitrogen and oxygen atoms in total. The molecule has 3 rings (SSSR count). The monoisotopic (exact) mass is 414 g/mol. The molecule has 0 unspecified atom stereocenters. The molecule has 1 heterocycles. The Morgan fingerprint density at radius 3 is 2.57 bits per heavy atom. The Kier molecular flexibility index (Phi) is 6.70. The first-order valence-electron chi connectivity index (χ1n) is 10.3. The predicted octanol–water partition coefficient (Wildman–Crippen LogP) is 4.18. The first kappa shape index (κ1) is 21.7. The summed E-state index contributed by atoms with van der Waals surface area (Å²) in [5.74, 6) is -2.59. The number of ether oxygens (including phenoxy) is 1. The zero-order valence-corrected chi connectivity index (χ0v) is 17.5. The van der Waals surface area contributed by atoms with E-state index in [2.05, 4.69) is 17.2 Å². The van der Waals surface area contributed by atoms with Crippen LogP contribution in [0.5, 0.6) is 0 Å². The summed E-state index contributed by atoms with van der Waals surface area (Å²) >= 11 is 0. The number of nitrogens with one attached hydrogen (secondary N) is 2. The third kappa shape index (κ3) is 4.30. The number of aryl methyl sites for hydroxylation is 1. The van der Waals surface area contributed by atoms with Crippen molar-refractivity contribution < 1.29 is 23.5 Å². The number of halogens is 1. The van der Waals surface area contributed by atoms with Gasteiger partial charge in [0, 0.05) is 22.9 Å². The number of carbonyl (C=O) groups excluding carboxylic acids is 3. The van der Waals surface area contributed by atoms with Gasteiger partial charge in [0.2, 0.25) is 0 Å². The van der Waals surface area contributed by atoms with Gasteiger partial charge in [-0.1, -0.05) is 38.0 Å². The quantitative estimate of drug-likeness (QED) is 0.422. The van der Waals surface area contributed by atoms with Crippen LogP contribution in [0.2, 0.25) is 0 Å². The van der Waals surface area contributed by atoms with Crippen LogP contribution in [-0.2, 0) is 9.53 Å². The smallest absolute Gasteiger partial charge is 0.340 e. The van der Waals surface area contributed by atoms with E-state index in [4.69, 9.17) is 4.74 Å². The van der Waals surface area contributed by atoms with E-state index in [-0.39, 0.29) is 41.0 Å². The summed E-state index contributed by atoms with van der Waals surface area (Å²) in [6, 6.07) is 5.76. The number of ketones is 1. The summed E-state index contributed by atoms with van der Waals surface area (Å²) in [6.07, 6.45) is 3.92. The zero-order valence-electron chi connectivity index (χ0n) is 17.5. The fraction of sp³-hybridized carbons (Fsp3) is 0.435. The molecule has 1 amide bonds. The number of carbonyl (C=O) groups is 3. The normalized spacial score (nSPS) is 18.7. The molecule has 7 heteroatoms. The molecule has 160 valence electrons. The molecule has 1 aromatic carbocycles. The highest BCUT2D eigenvalue weighted by Crippen LogP contribution is 2.33. The molecule has 1 aromatic heterocycles. The number of aromatic amines is 1. The van der Waals surface area contributed by atoms with Crippen LogP contribution in [0.1, 0.15) is 66.1 Å². The molecule has 1 aliphatic rings. The van der Waals surface area contributed by atoms with E-state index in [9.17, 15) is 18.8 Å². The fourth-order valence-corrected chi connectivity index (χ4v) is 4.07. The molecule has 1 fully saturated rings. The van der Waals surface area contributed by atoms with Gasteiger partial charge < -0.3 is 15.0 Å². The Morgan fingerprint density at radius 1 is 1.20 bits per heavy atom. The Hall–Kier alpha value is -2.96. The third-order valence-corrected chi connectivity index (χ3v) is 5.67. The topological polar surface area (TPSA) is 88.3 Å². The minimum atomic E-state index is -0.829. The largest absolute Gasteiger partial charge is 0.462 e.